The average molecular weight is 287 g/mol. The number of nitrogens with two attached hydrogens (primary N) is 1. The molecule has 0 aliphatic rings. The van der Waals surface area contributed by atoms with Crippen LogP contribution in [0.1, 0.15) is 5.56 Å². The number of nitrogens with zero attached hydrogens (tertiary/aromatic N) is 1. The van der Waals surface area contributed by atoms with Crippen molar-refractivity contribution in [2.24, 2.45) is 0 Å². The number of halogens is 1. The van der Waals surface area contributed by atoms with Crippen molar-refractivity contribution in [2.75, 3.05) is 10.5 Å². The van der Waals surface area contributed by atoms with E-state index in [4.69, 9.17) is 17.3 Å². The zero-order valence-corrected chi connectivity index (χ0v) is 11.0. The van der Waals surface area contributed by atoms with E-state index in [9.17, 15) is 8.42 Å². The lowest BCUT2D eigenvalue weighted by molar-refractivity contribution is 0.601. The van der Waals surface area contributed by atoms with Crippen LogP contribution in [0.2, 0.25) is 5.02 Å². The van der Waals surface area contributed by atoms with E-state index >= 15 is 0 Å². The lowest BCUT2D eigenvalue weighted by Gasteiger charge is -2.09. The lowest BCUT2D eigenvalue weighted by Crippen LogP contribution is -2.13. The van der Waals surface area contributed by atoms with Crippen LogP contribution < -0.4 is 10.5 Å². The first-order valence-corrected chi connectivity index (χ1v) is 6.83. The zero-order valence-electron chi connectivity index (χ0n) is 9.44. The highest BCUT2D eigenvalue weighted by molar-refractivity contribution is 7.92. The molecule has 0 saturated heterocycles. The van der Waals surface area contributed by atoms with Crippen LogP contribution in [0.4, 0.5) is 11.4 Å². The Balaban J connectivity index is 2.42. The summed E-state index contributed by atoms with van der Waals surface area (Å²) in [6, 6.07) is 2.78. The molecule has 18 heavy (non-hydrogen) atoms. The summed E-state index contributed by atoms with van der Waals surface area (Å²) in [5.74, 6) is 0. The predicted octanol–water partition coefficient (Wildman–Crippen LogP) is 1.75. The van der Waals surface area contributed by atoms with Gasteiger partial charge >= 0.3 is 0 Å². The average Bonchev–Trinajstić information content (AvgIpc) is 2.77. The number of aromatic nitrogens is 2. The summed E-state index contributed by atoms with van der Waals surface area (Å²) in [5, 5.41) is 6.52. The Morgan fingerprint density at radius 3 is 2.72 bits per heavy atom. The van der Waals surface area contributed by atoms with Crippen LogP contribution in [0.3, 0.4) is 0 Å². The van der Waals surface area contributed by atoms with Gasteiger partial charge < -0.3 is 5.73 Å². The molecule has 0 radical (unpaired) electrons. The molecule has 0 amide bonds. The van der Waals surface area contributed by atoms with E-state index in [1.54, 1.807) is 6.92 Å². The molecule has 0 spiro atoms. The molecule has 0 bridgehead atoms. The maximum Gasteiger partial charge on any atom is 0.262 e. The van der Waals surface area contributed by atoms with Crippen molar-refractivity contribution in [2.45, 2.75) is 11.8 Å². The number of aromatic amines is 1. The van der Waals surface area contributed by atoms with E-state index in [-0.39, 0.29) is 10.6 Å². The summed E-state index contributed by atoms with van der Waals surface area (Å²) in [6.45, 7) is 1.69. The minimum absolute atomic E-state index is 0.0584. The Morgan fingerprint density at radius 2 is 2.17 bits per heavy atom. The first-order valence-electron chi connectivity index (χ1n) is 4.97. The number of sulfonamides is 1. The molecule has 0 atom stereocenters. The van der Waals surface area contributed by atoms with E-state index in [2.05, 4.69) is 14.9 Å². The van der Waals surface area contributed by atoms with E-state index < -0.39 is 10.0 Å². The first kappa shape index (κ1) is 12.7. The second-order valence-corrected chi connectivity index (χ2v) is 5.80. The smallest absolute Gasteiger partial charge is 0.262 e. The minimum atomic E-state index is -3.69. The molecule has 1 aromatic carbocycles. The molecule has 4 N–H and O–H groups in total. The number of hydrogen-bond acceptors (Lipinski definition) is 4. The minimum Gasteiger partial charge on any atom is -0.397 e. The van der Waals surface area contributed by atoms with Gasteiger partial charge in [0.05, 0.1) is 27.5 Å². The van der Waals surface area contributed by atoms with E-state index in [0.29, 0.717) is 16.3 Å². The van der Waals surface area contributed by atoms with Gasteiger partial charge in [0.2, 0.25) is 0 Å². The van der Waals surface area contributed by atoms with Crippen LogP contribution in [-0.4, -0.2) is 18.6 Å². The van der Waals surface area contributed by atoms with Crippen molar-refractivity contribution < 1.29 is 8.42 Å². The van der Waals surface area contributed by atoms with E-state index in [1.807, 2.05) is 0 Å². The van der Waals surface area contributed by atoms with Crippen molar-refractivity contribution in [1.82, 2.24) is 10.2 Å². The monoisotopic (exact) mass is 286 g/mol. The van der Waals surface area contributed by atoms with Crippen molar-refractivity contribution in [3.8, 4) is 0 Å². The zero-order chi connectivity index (χ0) is 13.3. The Kier molecular flexibility index (Phi) is 3.18. The van der Waals surface area contributed by atoms with Gasteiger partial charge in [0, 0.05) is 6.20 Å². The fraction of sp³-hybridized carbons (Fsp3) is 0.100. The number of nitrogens with one attached hydrogen (secondary N) is 2. The summed E-state index contributed by atoms with van der Waals surface area (Å²) in [7, 11) is -3.69. The van der Waals surface area contributed by atoms with Crippen LogP contribution in [0.25, 0.3) is 0 Å². The fourth-order valence-electron chi connectivity index (χ4n) is 1.44. The third kappa shape index (κ3) is 2.41. The molecule has 0 aliphatic heterocycles. The fourth-order valence-corrected chi connectivity index (χ4v) is 2.70. The lowest BCUT2D eigenvalue weighted by atomic mass is 10.2. The van der Waals surface area contributed by atoms with Crippen LogP contribution in [0.5, 0.6) is 0 Å². The van der Waals surface area contributed by atoms with Crippen molar-refractivity contribution in [1.29, 1.82) is 0 Å². The number of H-pyrrole nitrogens is 1. The number of hydrogen-bond donors (Lipinski definition) is 3. The van der Waals surface area contributed by atoms with Crippen LogP contribution in [0, 0.1) is 6.92 Å². The molecule has 2 aromatic rings. The van der Waals surface area contributed by atoms with Gasteiger partial charge in [0.1, 0.15) is 0 Å². The van der Waals surface area contributed by atoms with Gasteiger partial charge in [-0.3, -0.25) is 9.82 Å². The standard InChI is InChI=1S/C10H11ClN4O2S/c1-6-2-8(3-9(12)10(6)11)18(16,17)15-7-4-13-14-5-7/h2-5,15H,12H2,1H3,(H,13,14). The highest BCUT2D eigenvalue weighted by Gasteiger charge is 2.17. The van der Waals surface area contributed by atoms with E-state index in [0.717, 1.165) is 0 Å². The number of anilines is 2. The van der Waals surface area contributed by atoms with Crippen molar-refractivity contribution in [3.05, 3.63) is 35.1 Å². The van der Waals surface area contributed by atoms with E-state index in [1.165, 1.54) is 24.5 Å². The summed E-state index contributed by atoms with van der Waals surface area (Å²) in [6.07, 6.45) is 2.80. The van der Waals surface area contributed by atoms with Gasteiger partial charge in [0.25, 0.3) is 10.0 Å². The molecule has 6 nitrogen and oxygen atoms in total. The van der Waals surface area contributed by atoms with Gasteiger partial charge in [-0.05, 0) is 24.6 Å². The van der Waals surface area contributed by atoms with Crippen LogP contribution in [0.15, 0.2) is 29.4 Å². The SMILES string of the molecule is Cc1cc(S(=O)(=O)Nc2cn[nH]c2)cc(N)c1Cl. The second-order valence-electron chi connectivity index (χ2n) is 3.74. The third-order valence-corrected chi connectivity index (χ3v) is 4.19. The number of rotatable bonds is 3. The topological polar surface area (TPSA) is 101 Å². The molecule has 96 valence electrons. The number of aryl methyl sites for hydroxylation is 1. The molecule has 2 rings (SSSR count). The third-order valence-electron chi connectivity index (χ3n) is 2.32. The molecular formula is C10H11ClN4O2S. The van der Waals surface area contributed by atoms with Crippen LogP contribution in [-0.2, 0) is 10.0 Å². The molecule has 0 saturated carbocycles. The van der Waals surface area contributed by atoms with Gasteiger partial charge in [-0.2, -0.15) is 5.10 Å². The van der Waals surface area contributed by atoms with Crippen LogP contribution >= 0.6 is 11.6 Å². The molecule has 0 fully saturated rings. The molecule has 1 aromatic heterocycles. The summed E-state index contributed by atoms with van der Waals surface area (Å²) in [5.41, 5.74) is 6.82. The second kappa shape index (κ2) is 4.51. The highest BCUT2D eigenvalue weighted by atomic mass is 35.5. The van der Waals surface area contributed by atoms with Gasteiger partial charge in [-0.15, -0.1) is 0 Å². The molecule has 0 unspecified atom stereocenters. The summed E-state index contributed by atoms with van der Waals surface area (Å²) >= 11 is 5.89. The molecule has 8 heteroatoms. The van der Waals surface area contributed by atoms with Crippen molar-refractivity contribution in [3.63, 3.8) is 0 Å². The Labute approximate surface area is 109 Å². The summed E-state index contributed by atoms with van der Waals surface area (Å²) in [4.78, 5) is 0.0584. The highest BCUT2D eigenvalue weighted by Crippen LogP contribution is 2.27. The van der Waals surface area contributed by atoms with Gasteiger partial charge in [-0.25, -0.2) is 8.42 Å². The summed E-state index contributed by atoms with van der Waals surface area (Å²) < 4.78 is 26.5. The maximum atomic E-state index is 12.1. The Morgan fingerprint density at radius 1 is 1.44 bits per heavy atom. The van der Waals surface area contributed by atoms with Crippen molar-refractivity contribution >= 4 is 33.0 Å². The van der Waals surface area contributed by atoms with Gasteiger partial charge in [-0.1, -0.05) is 11.6 Å². The number of benzene rings is 1. The molecule has 1 heterocycles. The predicted molar refractivity (Wildman–Crippen MR) is 70.0 cm³/mol. The molecular weight excluding hydrogens is 276 g/mol. The normalized spacial score (nSPS) is 11.4. The maximum absolute atomic E-state index is 12.1. The first-order chi connectivity index (χ1) is 8.40. The Bertz CT molecular complexity index is 644. The number of nitrogen functional groups attached to an aromatic ring is 1. The molecule has 0 aliphatic carbocycles. The quantitative estimate of drug-likeness (QED) is 0.748. The largest absolute Gasteiger partial charge is 0.397 e. The van der Waals surface area contributed by atoms with Gasteiger partial charge in [0.15, 0.2) is 0 Å². The Hall–Kier alpha value is -1.73.